The normalized spacial score (nSPS) is 13.8. The molecule has 164 valence electrons. The van der Waals surface area contributed by atoms with Crippen molar-refractivity contribution in [2.24, 2.45) is 5.41 Å². The van der Waals surface area contributed by atoms with E-state index in [4.69, 9.17) is 0 Å². The Morgan fingerprint density at radius 2 is 0.519 bits per heavy atom. The van der Waals surface area contributed by atoms with Gasteiger partial charge in [0.1, 0.15) is 0 Å². The van der Waals surface area contributed by atoms with Crippen molar-refractivity contribution in [1.82, 2.24) is 0 Å². The third kappa shape index (κ3) is 16.6. The summed E-state index contributed by atoms with van der Waals surface area (Å²) in [5, 5.41) is 0. The van der Waals surface area contributed by atoms with Crippen LogP contribution < -0.4 is 0 Å². The Morgan fingerprint density at radius 3 is 0.889 bits per heavy atom. The van der Waals surface area contributed by atoms with Crippen molar-refractivity contribution in [3.05, 3.63) is 0 Å². The minimum Gasteiger partial charge on any atom is -0.0654 e. The van der Waals surface area contributed by atoms with E-state index in [-0.39, 0.29) is 0 Å². The molecule has 1 atom stereocenters. The first-order valence-corrected chi connectivity index (χ1v) is 13.2. The van der Waals surface area contributed by atoms with Gasteiger partial charge in [0.2, 0.25) is 0 Å². The molecule has 0 saturated carbocycles. The van der Waals surface area contributed by atoms with Gasteiger partial charge in [-0.3, -0.25) is 0 Å². The highest BCUT2D eigenvalue weighted by atomic mass is 14.3. The van der Waals surface area contributed by atoms with E-state index in [1.807, 2.05) is 0 Å². The van der Waals surface area contributed by atoms with Gasteiger partial charge in [-0.1, -0.05) is 143 Å². The quantitative estimate of drug-likeness (QED) is 0.164. The molecule has 0 fully saturated rings. The lowest BCUT2D eigenvalue weighted by atomic mass is 9.70. The summed E-state index contributed by atoms with van der Waals surface area (Å²) in [7, 11) is 0. The first-order valence-electron chi connectivity index (χ1n) is 13.2. The molecule has 0 aliphatic rings. The van der Waals surface area contributed by atoms with Gasteiger partial charge in [-0.25, -0.2) is 0 Å². The van der Waals surface area contributed by atoms with E-state index in [2.05, 4.69) is 27.7 Å². The maximum atomic E-state index is 2.36. The lowest BCUT2D eigenvalue weighted by molar-refractivity contribution is 0.172. The predicted molar refractivity (Wildman–Crippen MR) is 127 cm³/mol. The zero-order valence-electron chi connectivity index (χ0n) is 20.1. The number of rotatable bonds is 22. The molecule has 0 rings (SSSR count). The second-order valence-corrected chi connectivity index (χ2v) is 9.45. The fraction of sp³-hybridized carbons (Fsp3) is 1.00. The van der Waals surface area contributed by atoms with Crippen LogP contribution in [0.2, 0.25) is 0 Å². The molecule has 0 aliphatic carbocycles. The highest BCUT2D eigenvalue weighted by Crippen LogP contribution is 2.42. The van der Waals surface area contributed by atoms with Crippen LogP contribution in [0.15, 0.2) is 0 Å². The Kier molecular flexibility index (Phi) is 20.7. The highest BCUT2D eigenvalue weighted by molar-refractivity contribution is 4.80. The summed E-state index contributed by atoms with van der Waals surface area (Å²) in [6.07, 6.45) is 32.2. The van der Waals surface area contributed by atoms with E-state index in [1.165, 1.54) is 141 Å². The molecule has 0 aromatic carbocycles. The van der Waals surface area contributed by atoms with Crippen LogP contribution in [0.25, 0.3) is 0 Å². The summed E-state index contributed by atoms with van der Waals surface area (Å²) in [6.45, 7) is 9.37. The Morgan fingerprint density at radius 1 is 0.296 bits per heavy atom. The molecule has 0 amide bonds. The fourth-order valence-electron chi connectivity index (χ4n) is 4.81. The van der Waals surface area contributed by atoms with Crippen LogP contribution in [0.4, 0.5) is 0 Å². The average molecular weight is 381 g/mol. The van der Waals surface area contributed by atoms with E-state index < -0.39 is 0 Å². The van der Waals surface area contributed by atoms with E-state index in [9.17, 15) is 0 Å². The van der Waals surface area contributed by atoms with Crippen molar-refractivity contribution in [1.29, 1.82) is 0 Å². The van der Waals surface area contributed by atoms with Crippen molar-refractivity contribution in [3.8, 4) is 0 Å². The second-order valence-electron chi connectivity index (χ2n) is 9.45. The van der Waals surface area contributed by atoms with Crippen LogP contribution in [0.5, 0.6) is 0 Å². The molecule has 1 unspecified atom stereocenters. The van der Waals surface area contributed by atoms with Crippen molar-refractivity contribution >= 4 is 0 Å². The van der Waals surface area contributed by atoms with Crippen molar-refractivity contribution in [3.63, 3.8) is 0 Å². The monoisotopic (exact) mass is 380 g/mol. The van der Waals surface area contributed by atoms with Gasteiger partial charge in [-0.05, 0) is 31.1 Å². The lowest BCUT2D eigenvalue weighted by Crippen LogP contribution is -2.21. The Bertz CT molecular complexity index is 269. The molecule has 0 heteroatoms. The van der Waals surface area contributed by atoms with E-state index in [0.29, 0.717) is 5.41 Å². The second kappa shape index (κ2) is 20.7. The molecule has 0 heterocycles. The molecular formula is C27H56. The van der Waals surface area contributed by atoms with Crippen LogP contribution in [-0.4, -0.2) is 0 Å². The Hall–Kier alpha value is 0. The third-order valence-electron chi connectivity index (χ3n) is 6.74. The summed E-state index contributed by atoms with van der Waals surface area (Å²) >= 11 is 0. The van der Waals surface area contributed by atoms with Gasteiger partial charge in [-0.2, -0.15) is 0 Å². The minimum absolute atomic E-state index is 0.694. The zero-order chi connectivity index (χ0) is 20.1. The summed E-state index contributed by atoms with van der Waals surface area (Å²) in [6, 6.07) is 0. The van der Waals surface area contributed by atoms with E-state index in [1.54, 1.807) is 0 Å². The first-order chi connectivity index (χ1) is 13.2. The molecule has 0 spiro atoms. The lowest BCUT2D eigenvalue weighted by Gasteiger charge is -2.35. The van der Waals surface area contributed by atoms with E-state index >= 15 is 0 Å². The topological polar surface area (TPSA) is 0 Å². The molecule has 27 heavy (non-hydrogen) atoms. The van der Waals surface area contributed by atoms with Crippen molar-refractivity contribution in [2.45, 2.75) is 169 Å². The number of unbranched alkanes of at least 4 members (excludes halogenated alkanes) is 14. The van der Waals surface area contributed by atoms with Gasteiger partial charge in [-0.15, -0.1) is 0 Å². The maximum absolute atomic E-state index is 2.36. The highest BCUT2D eigenvalue weighted by Gasteiger charge is 2.28. The molecule has 0 saturated heterocycles. The Labute approximate surface area is 174 Å². The van der Waals surface area contributed by atoms with Gasteiger partial charge in [0.05, 0.1) is 0 Å². The van der Waals surface area contributed by atoms with Gasteiger partial charge in [0, 0.05) is 0 Å². The SMILES string of the molecule is CCCCCCCCC(CCCCC)(CCCCCC)CCCCCCC. The molecule has 0 aliphatic heterocycles. The smallest absolute Gasteiger partial charge is 0.0297 e. The number of hydrogen-bond donors (Lipinski definition) is 0. The first kappa shape index (κ1) is 27.0. The maximum Gasteiger partial charge on any atom is -0.0297 e. The summed E-state index contributed by atoms with van der Waals surface area (Å²) in [4.78, 5) is 0. The van der Waals surface area contributed by atoms with Gasteiger partial charge < -0.3 is 0 Å². The molecule has 0 bridgehead atoms. The molecule has 0 aromatic rings. The summed E-state index contributed by atoms with van der Waals surface area (Å²) in [5.41, 5.74) is 0.694. The minimum atomic E-state index is 0.694. The molecular weight excluding hydrogens is 324 g/mol. The van der Waals surface area contributed by atoms with Crippen LogP contribution in [0.1, 0.15) is 169 Å². The third-order valence-corrected chi connectivity index (χ3v) is 6.74. The van der Waals surface area contributed by atoms with Gasteiger partial charge in [0.15, 0.2) is 0 Å². The molecule has 0 nitrogen and oxygen atoms in total. The zero-order valence-corrected chi connectivity index (χ0v) is 20.1. The fourth-order valence-corrected chi connectivity index (χ4v) is 4.81. The number of hydrogen-bond acceptors (Lipinski definition) is 0. The van der Waals surface area contributed by atoms with Crippen LogP contribution in [0, 0.1) is 5.41 Å². The standard InChI is InChI=1S/C27H56/c1-5-9-13-16-18-22-26-27(23-19-12-8-4,24-20-15-11-7-3)25-21-17-14-10-6-2/h5-26H2,1-4H3. The summed E-state index contributed by atoms with van der Waals surface area (Å²) < 4.78 is 0. The van der Waals surface area contributed by atoms with Crippen LogP contribution >= 0.6 is 0 Å². The molecule has 0 aromatic heterocycles. The van der Waals surface area contributed by atoms with Crippen molar-refractivity contribution in [2.75, 3.05) is 0 Å². The largest absolute Gasteiger partial charge is 0.0654 e. The van der Waals surface area contributed by atoms with Crippen molar-refractivity contribution < 1.29 is 0 Å². The Balaban J connectivity index is 4.58. The molecule has 0 N–H and O–H groups in total. The summed E-state index contributed by atoms with van der Waals surface area (Å²) in [5.74, 6) is 0. The van der Waals surface area contributed by atoms with Gasteiger partial charge >= 0.3 is 0 Å². The van der Waals surface area contributed by atoms with Crippen LogP contribution in [-0.2, 0) is 0 Å². The van der Waals surface area contributed by atoms with E-state index in [0.717, 1.165) is 0 Å². The van der Waals surface area contributed by atoms with Crippen LogP contribution in [0.3, 0.4) is 0 Å². The molecule has 0 radical (unpaired) electrons. The van der Waals surface area contributed by atoms with Gasteiger partial charge in [0.25, 0.3) is 0 Å². The average Bonchev–Trinajstić information content (AvgIpc) is 2.68. The predicted octanol–water partition coefficient (Wildman–Crippen LogP) is 10.6.